The number of rotatable bonds is 1. The molecule has 0 aliphatic heterocycles. The van der Waals surface area contributed by atoms with E-state index in [0.29, 0.717) is 21.6 Å². The number of phenolic OH excluding ortho intramolecular Hbond substituents is 1. The zero-order chi connectivity index (χ0) is 11.9. The van der Waals surface area contributed by atoms with Crippen LogP contribution in [0.2, 0.25) is 0 Å². The Bertz CT molecular complexity index is 549. The van der Waals surface area contributed by atoms with E-state index in [1.165, 1.54) is 0 Å². The van der Waals surface area contributed by atoms with E-state index in [1.54, 1.807) is 6.07 Å². The van der Waals surface area contributed by atoms with Crippen LogP contribution < -0.4 is 5.73 Å². The number of phenols is 1. The first kappa shape index (κ1) is 11.0. The van der Waals surface area contributed by atoms with Gasteiger partial charge in [0.2, 0.25) is 0 Å². The van der Waals surface area contributed by atoms with E-state index in [1.807, 2.05) is 19.9 Å². The van der Waals surface area contributed by atoms with Crippen molar-refractivity contribution in [3.63, 3.8) is 0 Å². The smallest absolute Gasteiger partial charge is 0.172 e. The van der Waals surface area contributed by atoms with Crippen molar-refractivity contribution in [3.8, 4) is 17.1 Å². The number of aromatic nitrogens is 1. The molecule has 0 bridgehead atoms. The predicted octanol–water partition coefficient (Wildman–Crippen LogP) is 3.01. The molecule has 0 saturated heterocycles. The van der Waals surface area contributed by atoms with E-state index >= 15 is 0 Å². The third kappa shape index (κ3) is 1.67. The third-order valence-electron chi connectivity index (χ3n) is 2.54. The lowest BCUT2D eigenvalue weighted by molar-refractivity contribution is 0.428. The van der Waals surface area contributed by atoms with E-state index in [2.05, 4.69) is 21.1 Å². The molecule has 0 saturated carbocycles. The maximum absolute atomic E-state index is 9.99. The Balaban J connectivity index is 2.66. The van der Waals surface area contributed by atoms with Crippen molar-refractivity contribution in [2.75, 3.05) is 5.73 Å². The second-order valence-corrected chi connectivity index (χ2v) is 4.44. The molecule has 2 aromatic rings. The Kier molecular flexibility index (Phi) is 2.63. The van der Waals surface area contributed by atoms with E-state index < -0.39 is 0 Å². The van der Waals surface area contributed by atoms with Gasteiger partial charge >= 0.3 is 0 Å². The minimum absolute atomic E-state index is 0.138. The fraction of sp³-hybridized carbons (Fsp3) is 0.182. The number of aromatic hydroxyl groups is 1. The van der Waals surface area contributed by atoms with Crippen molar-refractivity contribution >= 4 is 21.7 Å². The first-order valence-corrected chi connectivity index (χ1v) is 5.51. The lowest BCUT2D eigenvalue weighted by Gasteiger charge is -2.09. The summed E-state index contributed by atoms with van der Waals surface area (Å²) >= 11 is 3.34. The van der Waals surface area contributed by atoms with Gasteiger partial charge in [0.15, 0.2) is 11.6 Å². The van der Waals surface area contributed by atoms with Crippen LogP contribution in [0.1, 0.15) is 11.1 Å². The summed E-state index contributed by atoms with van der Waals surface area (Å²) < 4.78 is 5.69. The van der Waals surface area contributed by atoms with Crippen LogP contribution in [0.3, 0.4) is 0 Å². The molecule has 0 aliphatic carbocycles. The number of nitrogens with zero attached hydrogens (tertiary/aromatic N) is 1. The maximum atomic E-state index is 9.99. The van der Waals surface area contributed by atoms with Crippen molar-refractivity contribution in [2.45, 2.75) is 13.8 Å². The van der Waals surface area contributed by atoms with Crippen LogP contribution in [0.5, 0.6) is 5.75 Å². The van der Waals surface area contributed by atoms with Crippen LogP contribution in [0, 0.1) is 13.8 Å². The summed E-state index contributed by atoms with van der Waals surface area (Å²) in [5.41, 5.74) is 8.10. The highest BCUT2D eigenvalue weighted by Gasteiger charge is 2.15. The molecule has 5 heteroatoms. The average Bonchev–Trinajstić information content (AvgIpc) is 2.67. The first-order chi connectivity index (χ1) is 7.50. The molecule has 0 unspecified atom stereocenters. The van der Waals surface area contributed by atoms with Gasteiger partial charge in [-0.25, -0.2) is 0 Å². The van der Waals surface area contributed by atoms with Crippen LogP contribution in [-0.4, -0.2) is 10.3 Å². The van der Waals surface area contributed by atoms with Crippen LogP contribution >= 0.6 is 15.9 Å². The van der Waals surface area contributed by atoms with Gasteiger partial charge in [-0.15, -0.1) is 0 Å². The van der Waals surface area contributed by atoms with Gasteiger partial charge in [0.05, 0.1) is 10.0 Å². The molecule has 2 rings (SSSR count). The minimum Gasteiger partial charge on any atom is -0.506 e. The van der Waals surface area contributed by atoms with Gasteiger partial charge in [0.25, 0.3) is 0 Å². The summed E-state index contributed by atoms with van der Waals surface area (Å²) in [6.45, 7) is 3.89. The van der Waals surface area contributed by atoms with Gasteiger partial charge in [-0.3, -0.25) is 0 Å². The largest absolute Gasteiger partial charge is 0.506 e. The van der Waals surface area contributed by atoms with Gasteiger partial charge in [0, 0.05) is 6.07 Å². The van der Waals surface area contributed by atoms with Crippen molar-refractivity contribution in [2.24, 2.45) is 0 Å². The van der Waals surface area contributed by atoms with Gasteiger partial charge in [-0.05, 0) is 47.0 Å². The van der Waals surface area contributed by atoms with Gasteiger partial charge in [-0.2, -0.15) is 0 Å². The molecule has 0 atom stereocenters. The second kappa shape index (κ2) is 3.83. The molecule has 1 aromatic heterocycles. The number of anilines is 1. The average molecular weight is 283 g/mol. The highest BCUT2D eigenvalue weighted by Crippen LogP contribution is 2.39. The predicted molar refractivity (Wildman–Crippen MR) is 65.2 cm³/mol. The summed E-state index contributed by atoms with van der Waals surface area (Å²) in [5.74, 6) is 0.891. The molecule has 84 valence electrons. The maximum Gasteiger partial charge on any atom is 0.172 e. The molecule has 1 heterocycles. The summed E-state index contributed by atoms with van der Waals surface area (Å²) in [6.07, 6.45) is 0. The Labute approximate surface area is 101 Å². The van der Waals surface area contributed by atoms with Crippen molar-refractivity contribution in [3.05, 3.63) is 27.7 Å². The number of halogens is 1. The quantitative estimate of drug-likeness (QED) is 0.843. The van der Waals surface area contributed by atoms with Crippen molar-refractivity contribution < 1.29 is 9.63 Å². The topological polar surface area (TPSA) is 72.3 Å². The van der Waals surface area contributed by atoms with Crippen LogP contribution in [0.25, 0.3) is 11.3 Å². The standard InChI is InChI=1S/C11H11BrN2O2/c1-5-3-7(8-4-9(13)14-16-8)11(15)10(12)6(5)2/h3-4,15H,1-2H3,(H2,13,14). The van der Waals surface area contributed by atoms with E-state index in [4.69, 9.17) is 10.3 Å². The molecule has 0 amide bonds. The molecule has 0 fully saturated rings. The molecule has 0 radical (unpaired) electrons. The Morgan fingerprint density at radius 1 is 1.38 bits per heavy atom. The Morgan fingerprint density at radius 2 is 2.06 bits per heavy atom. The van der Waals surface area contributed by atoms with E-state index in [0.717, 1.165) is 11.1 Å². The fourth-order valence-corrected chi connectivity index (χ4v) is 1.99. The number of benzene rings is 1. The lowest BCUT2D eigenvalue weighted by Crippen LogP contribution is -1.87. The van der Waals surface area contributed by atoms with E-state index in [9.17, 15) is 5.11 Å². The number of nitrogens with two attached hydrogens (primary N) is 1. The Morgan fingerprint density at radius 3 is 2.62 bits per heavy atom. The molecular formula is C11H11BrN2O2. The summed E-state index contributed by atoms with van der Waals surface area (Å²) in [4.78, 5) is 0. The lowest BCUT2D eigenvalue weighted by atomic mass is 10.0. The second-order valence-electron chi connectivity index (χ2n) is 3.64. The molecule has 4 nitrogen and oxygen atoms in total. The third-order valence-corrected chi connectivity index (χ3v) is 3.51. The van der Waals surface area contributed by atoms with Crippen molar-refractivity contribution in [1.82, 2.24) is 5.16 Å². The van der Waals surface area contributed by atoms with Crippen molar-refractivity contribution in [1.29, 1.82) is 0 Å². The van der Waals surface area contributed by atoms with E-state index in [-0.39, 0.29) is 5.75 Å². The molecule has 3 N–H and O–H groups in total. The highest BCUT2D eigenvalue weighted by atomic mass is 79.9. The molecule has 16 heavy (non-hydrogen) atoms. The normalized spacial score (nSPS) is 10.7. The van der Waals surface area contributed by atoms with Crippen LogP contribution in [0.15, 0.2) is 21.1 Å². The molecular weight excluding hydrogens is 272 g/mol. The van der Waals surface area contributed by atoms with Gasteiger partial charge in [-0.1, -0.05) is 5.16 Å². The van der Waals surface area contributed by atoms with Crippen LogP contribution in [-0.2, 0) is 0 Å². The van der Waals surface area contributed by atoms with Crippen LogP contribution in [0.4, 0.5) is 5.82 Å². The molecule has 0 spiro atoms. The summed E-state index contributed by atoms with van der Waals surface area (Å²) in [5, 5.41) is 13.6. The summed E-state index contributed by atoms with van der Waals surface area (Å²) in [6, 6.07) is 3.42. The molecule has 0 aliphatic rings. The van der Waals surface area contributed by atoms with Gasteiger partial charge in [0.1, 0.15) is 5.75 Å². The monoisotopic (exact) mass is 282 g/mol. The molecule has 1 aromatic carbocycles. The summed E-state index contributed by atoms with van der Waals surface area (Å²) in [7, 11) is 0. The first-order valence-electron chi connectivity index (χ1n) is 4.72. The highest BCUT2D eigenvalue weighted by molar-refractivity contribution is 9.10. The fourth-order valence-electron chi connectivity index (χ4n) is 1.47. The van der Waals surface area contributed by atoms with Gasteiger partial charge < -0.3 is 15.4 Å². The zero-order valence-corrected chi connectivity index (χ0v) is 10.5. The number of nitrogen functional groups attached to an aromatic ring is 1. The zero-order valence-electron chi connectivity index (χ0n) is 8.91. The Hall–Kier alpha value is -1.49. The number of hydrogen-bond acceptors (Lipinski definition) is 4. The minimum atomic E-state index is 0.138. The number of hydrogen-bond donors (Lipinski definition) is 2. The number of aryl methyl sites for hydroxylation is 1. The SMILES string of the molecule is Cc1cc(-c2cc(N)no2)c(O)c(Br)c1C.